The van der Waals surface area contributed by atoms with Crippen molar-refractivity contribution in [1.29, 1.82) is 0 Å². The molecule has 1 saturated heterocycles. The van der Waals surface area contributed by atoms with Crippen molar-refractivity contribution in [1.82, 2.24) is 5.06 Å². The van der Waals surface area contributed by atoms with Crippen LogP contribution in [-0.2, 0) is 25.6 Å². The predicted octanol–water partition coefficient (Wildman–Crippen LogP) is 0.898. The van der Waals surface area contributed by atoms with Gasteiger partial charge >= 0.3 is 5.97 Å². The van der Waals surface area contributed by atoms with Crippen molar-refractivity contribution in [3.8, 4) is 0 Å². The monoisotopic (exact) mass is 239 g/mol. The first-order chi connectivity index (χ1) is 7.66. The van der Waals surface area contributed by atoms with Crippen molar-refractivity contribution in [2.75, 3.05) is 0 Å². The summed E-state index contributed by atoms with van der Waals surface area (Å²) in [6.07, 6.45) is 0.310. The molecular weight excluding hydrogens is 230 g/mol. The molecule has 2 rings (SSSR count). The van der Waals surface area contributed by atoms with E-state index < -0.39 is 17.8 Å². The van der Waals surface area contributed by atoms with Gasteiger partial charge in [0.1, 0.15) is 0 Å². The van der Waals surface area contributed by atoms with Crippen LogP contribution in [0.2, 0.25) is 0 Å². The lowest BCUT2D eigenvalue weighted by Crippen LogP contribution is -2.32. The molecule has 0 aliphatic carbocycles. The summed E-state index contributed by atoms with van der Waals surface area (Å²) in [4.78, 5) is 39.3. The maximum Gasteiger partial charge on any atom is 0.338 e. The van der Waals surface area contributed by atoms with E-state index in [1.807, 2.05) is 11.4 Å². The topological polar surface area (TPSA) is 63.7 Å². The fraction of sp³-hybridized carbons (Fsp3) is 0.300. The highest BCUT2D eigenvalue weighted by Crippen LogP contribution is 2.14. The van der Waals surface area contributed by atoms with Gasteiger partial charge in [0, 0.05) is 17.7 Å². The Bertz CT molecular complexity index is 410. The van der Waals surface area contributed by atoms with Crippen LogP contribution in [0.15, 0.2) is 17.5 Å². The number of carbonyl (C=O) groups is 3. The van der Waals surface area contributed by atoms with E-state index >= 15 is 0 Å². The first-order valence-corrected chi connectivity index (χ1v) is 5.64. The second-order valence-electron chi connectivity index (χ2n) is 3.30. The molecule has 0 spiro atoms. The Balaban J connectivity index is 1.92. The number of carbonyl (C=O) groups excluding carboxylic acids is 3. The molecule has 1 aromatic heterocycles. The maximum absolute atomic E-state index is 11.4. The summed E-state index contributed by atoms with van der Waals surface area (Å²) in [5, 5.41) is 2.41. The van der Waals surface area contributed by atoms with Gasteiger partial charge < -0.3 is 4.84 Å². The molecule has 2 amide bonds. The Morgan fingerprint density at radius 3 is 2.62 bits per heavy atom. The molecule has 1 fully saturated rings. The number of thiophene rings is 1. The third-order valence-electron chi connectivity index (χ3n) is 2.10. The number of hydroxylamine groups is 2. The van der Waals surface area contributed by atoms with Gasteiger partial charge in [-0.1, -0.05) is 6.07 Å². The Labute approximate surface area is 95.6 Å². The van der Waals surface area contributed by atoms with Gasteiger partial charge in [0.15, 0.2) is 0 Å². The summed E-state index contributed by atoms with van der Waals surface area (Å²) in [6, 6.07) is 3.61. The highest BCUT2D eigenvalue weighted by atomic mass is 32.1. The predicted molar refractivity (Wildman–Crippen MR) is 55.2 cm³/mol. The Kier molecular flexibility index (Phi) is 3.00. The molecule has 0 unspecified atom stereocenters. The molecule has 5 nitrogen and oxygen atoms in total. The molecule has 16 heavy (non-hydrogen) atoms. The molecule has 0 radical (unpaired) electrons. The Hall–Kier alpha value is -1.69. The van der Waals surface area contributed by atoms with E-state index in [0.29, 0.717) is 5.06 Å². The van der Waals surface area contributed by atoms with Gasteiger partial charge in [0.05, 0.1) is 6.42 Å². The third-order valence-corrected chi connectivity index (χ3v) is 2.97. The number of imide groups is 1. The quantitative estimate of drug-likeness (QED) is 0.735. The van der Waals surface area contributed by atoms with Gasteiger partial charge in [-0.15, -0.1) is 16.4 Å². The molecule has 0 saturated carbocycles. The Morgan fingerprint density at radius 1 is 1.38 bits per heavy atom. The van der Waals surface area contributed by atoms with Crippen LogP contribution in [0.4, 0.5) is 0 Å². The van der Waals surface area contributed by atoms with E-state index in [2.05, 4.69) is 0 Å². The summed E-state index contributed by atoms with van der Waals surface area (Å²) in [6.45, 7) is 0. The molecule has 0 N–H and O–H groups in total. The molecule has 2 heterocycles. The van der Waals surface area contributed by atoms with E-state index in [1.54, 1.807) is 6.07 Å². The summed E-state index contributed by atoms with van der Waals surface area (Å²) < 4.78 is 0. The van der Waals surface area contributed by atoms with Crippen LogP contribution in [0.5, 0.6) is 0 Å². The normalized spacial score (nSPS) is 15.6. The zero-order valence-corrected chi connectivity index (χ0v) is 9.16. The van der Waals surface area contributed by atoms with Gasteiger partial charge in [-0.2, -0.15) is 0 Å². The maximum atomic E-state index is 11.4. The van der Waals surface area contributed by atoms with Crippen molar-refractivity contribution in [3.63, 3.8) is 0 Å². The lowest BCUT2D eigenvalue weighted by Gasteiger charge is -2.11. The van der Waals surface area contributed by atoms with E-state index in [0.717, 1.165) is 4.88 Å². The van der Waals surface area contributed by atoms with Crippen molar-refractivity contribution in [2.24, 2.45) is 0 Å². The van der Waals surface area contributed by atoms with Crippen LogP contribution < -0.4 is 0 Å². The number of hydrogen-bond donors (Lipinski definition) is 0. The first kappa shape index (κ1) is 10.8. The smallest absolute Gasteiger partial charge is 0.330 e. The lowest BCUT2D eigenvalue weighted by molar-refractivity contribution is -0.196. The fourth-order valence-corrected chi connectivity index (χ4v) is 2.04. The van der Waals surface area contributed by atoms with Gasteiger partial charge in [0.2, 0.25) is 0 Å². The van der Waals surface area contributed by atoms with E-state index in [9.17, 15) is 14.4 Å². The fourth-order valence-electron chi connectivity index (χ4n) is 1.35. The second kappa shape index (κ2) is 4.44. The molecule has 0 aromatic carbocycles. The molecule has 84 valence electrons. The van der Waals surface area contributed by atoms with Gasteiger partial charge in [-0.3, -0.25) is 9.59 Å². The number of hydrogen-bond acceptors (Lipinski definition) is 5. The summed E-state index contributed by atoms with van der Waals surface area (Å²) in [5.74, 6) is -1.50. The van der Waals surface area contributed by atoms with Crippen LogP contribution >= 0.6 is 11.3 Å². The first-order valence-electron chi connectivity index (χ1n) is 4.76. The summed E-state index contributed by atoms with van der Waals surface area (Å²) >= 11 is 1.42. The Morgan fingerprint density at radius 2 is 2.06 bits per heavy atom. The summed E-state index contributed by atoms with van der Waals surface area (Å²) in [5.41, 5.74) is 0. The zero-order valence-electron chi connectivity index (χ0n) is 8.34. The van der Waals surface area contributed by atoms with E-state index in [4.69, 9.17) is 4.84 Å². The average Bonchev–Trinajstić information content (AvgIpc) is 2.83. The van der Waals surface area contributed by atoms with Crippen LogP contribution in [0.3, 0.4) is 0 Å². The summed E-state index contributed by atoms with van der Waals surface area (Å²) in [7, 11) is 0. The average molecular weight is 239 g/mol. The molecule has 1 aliphatic heterocycles. The van der Waals surface area contributed by atoms with E-state index in [1.165, 1.54) is 11.3 Å². The number of nitrogens with zero attached hydrogens (tertiary/aromatic N) is 1. The van der Waals surface area contributed by atoms with Crippen molar-refractivity contribution in [2.45, 2.75) is 19.3 Å². The lowest BCUT2D eigenvalue weighted by atomic mass is 10.3. The molecular formula is C10H9NO4S. The van der Waals surface area contributed by atoms with Crippen LogP contribution in [0, 0.1) is 0 Å². The standard InChI is InChI=1S/C10H9NO4S/c12-8-3-4-9(13)11(8)15-10(14)6-7-2-1-5-16-7/h1-2,5H,3-4,6H2. The minimum atomic E-state index is -0.592. The number of rotatable bonds is 3. The van der Waals surface area contributed by atoms with Gasteiger partial charge in [0.25, 0.3) is 11.8 Å². The van der Waals surface area contributed by atoms with Gasteiger partial charge in [-0.05, 0) is 11.4 Å². The second-order valence-corrected chi connectivity index (χ2v) is 4.33. The molecule has 1 aromatic rings. The van der Waals surface area contributed by atoms with Gasteiger partial charge in [-0.25, -0.2) is 4.79 Å². The number of amides is 2. The molecule has 0 bridgehead atoms. The highest BCUT2D eigenvalue weighted by molar-refractivity contribution is 7.10. The minimum Gasteiger partial charge on any atom is -0.330 e. The van der Waals surface area contributed by atoms with Crippen LogP contribution in [-0.4, -0.2) is 22.8 Å². The van der Waals surface area contributed by atoms with Crippen LogP contribution in [0.1, 0.15) is 17.7 Å². The van der Waals surface area contributed by atoms with E-state index in [-0.39, 0.29) is 19.3 Å². The van der Waals surface area contributed by atoms with Crippen molar-refractivity contribution >= 4 is 29.1 Å². The van der Waals surface area contributed by atoms with Crippen molar-refractivity contribution < 1.29 is 19.2 Å². The minimum absolute atomic E-state index is 0.0781. The third kappa shape index (κ3) is 2.27. The SMILES string of the molecule is O=C(Cc1cccs1)ON1C(=O)CCC1=O. The molecule has 1 aliphatic rings. The molecule has 0 atom stereocenters. The van der Waals surface area contributed by atoms with Crippen molar-refractivity contribution in [3.05, 3.63) is 22.4 Å². The highest BCUT2D eigenvalue weighted by Gasteiger charge is 2.32. The zero-order chi connectivity index (χ0) is 11.5. The molecule has 6 heteroatoms. The van der Waals surface area contributed by atoms with Crippen LogP contribution in [0.25, 0.3) is 0 Å². The largest absolute Gasteiger partial charge is 0.338 e.